The van der Waals surface area contributed by atoms with Crippen molar-refractivity contribution in [1.82, 2.24) is 15.5 Å². The number of rotatable bonds is 7. The highest BCUT2D eigenvalue weighted by Gasteiger charge is 2.19. The van der Waals surface area contributed by atoms with Gasteiger partial charge in [0.05, 0.1) is 11.1 Å². The molecule has 0 saturated carbocycles. The number of hydrogen-bond donors (Lipinski definition) is 2. The molecule has 0 heterocycles. The molecule has 1 unspecified atom stereocenters. The maximum absolute atomic E-state index is 11.9. The molecule has 122 valence electrons. The molecule has 0 saturated heterocycles. The summed E-state index contributed by atoms with van der Waals surface area (Å²) in [6, 6.07) is 6.27. The molecule has 6 nitrogen and oxygen atoms in total. The first-order valence-electron chi connectivity index (χ1n) is 7.12. The largest absolute Gasteiger partial charge is 0.491 e. The second kappa shape index (κ2) is 9.27. The number of likely N-dealkylation sites (N-methyl/N-ethyl adjacent to an activating group) is 1. The summed E-state index contributed by atoms with van der Waals surface area (Å²) in [7, 11) is 1.79. The van der Waals surface area contributed by atoms with Gasteiger partial charge in [-0.15, -0.1) is 0 Å². The van der Waals surface area contributed by atoms with Gasteiger partial charge in [-0.25, -0.2) is 4.79 Å². The first-order chi connectivity index (χ1) is 10.5. The van der Waals surface area contributed by atoms with Crippen LogP contribution in [0.15, 0.2) is 24.3 Å². The van der Waals surface area contributed by atoms with Gasteiger partial charge in [0.1, 0.15) is 12.4 Å². The molecule has 3 amide bonds. The molecule has 1 rings (SSSR count). The fraction of sp³-hybridized carbons (Fsp3) is 0.467. The van der Waals surface area contributed by atoms with Gasteiger partial charge in [0.15, 0.2) is 0 Å². The minimum atomic E-state index is -0.486. The highest BCUT2D eigenvalue weighted by atomic mass is 35.5. The van der Waals surface area contributed by atoms with E-state index in [9.17, 15) is 9.59 Å². The Hall–Kier alpha value is -1.79. The Morgan fingerprint density at radius 3 is 2.68 bits per heavy atom. The SMILES string of the molecule is CCNC(=O)NC(=O)C(C)N(C)CCOc1ccccc1Cl. The van der Waals surface area contributed by atoms with E-state index in [1.165, 1.54) is 0 Å². The van der Waals surface area contributed by atoms with E-state index in [1.807, 2.05) is 12.1 Å². The number of carbonyl (C=O) groups is 2. The Balaban J connectivity index is 2.38. The number of urea groups is 1. The van der Waals surface area contributed by atoms with Crippen LogP contribution in [0.4, 0.5) is 4.79 Å². The summed E-state index contributed by atoms with van der Waals surface area (Å²) < 4.78 is 5.57. The summed E-state index contributed by atoms with van der Waals surface area (Å²) in [5, 5.41) is 5.35. The first-order valence-corrected chi connectivity index (χ1v) is 7.49. The van der Waals surface area contributed by atoms with E-state index in [2.05, 4.69) is 10.6 Å². The van der Waals surface area contributed by atoms with E-state index < -0.39 is 12.1 Å². The Bertz CT molecular complexity index is 511. The summed E-state index contributed by atoms with van der Waals surface area (Å²) in [5.74, 6) is 0.253. The minimum absolute atomic E-state index is 0.355. The van der Waals surface area contributed by atoms with Crippen LogP contribution in [0.3, 0.4) is 0 Å². The average molecular weight is 328 g/mol. The normalized spacial score (nSPS) is 11.9. The highest BCUT2D eigenvalue weighted by molar-refractivity contribution is 6.32. The number of para-hydroxylation sites is 1. The minimum Gasteiger partial charge on any atom is -0.491 e. The number of halogens is 1. The molecule has 0 aliphatic rings. The van der Waals surface area contributed by atoms with Gasteiger partial charge in [0.2, 0.25) is 5.91 Å². The van der Waals surface area contributed by atoms with Crippen molar-refractivity contribution in [3.63, 3.8) is 0 Å². The van der Waals surface area contributed by atoms with Crippen molar-refractivity contribution >= 4 is 23.5 Å². The van der Waals surface area contributed by atoms with Crippen LogP contribution in [-0.4, -0.2) is 49.6 Å². The van der Waals surface area contributed by atoms with Crippen molar-refractivity contribution in [3.05, 3.63) is 29.3 Å². The predicted octanol–water partition coefficient (Wildman–Crippen LogP) is 1.88. The monoisotopic (exact) mass is 327 g/mol. The molecule has 0 aliphatic carbocycles. The summed E-state index contributed by atoms with van der Waals surface area (Å²) in [4.78, 5) is 25.0. The van der Waals surface area contributed by atoms with Crippen LogP contribution in [0.25, 0.3) is 0 Å². The van der Waals surface area contributed by atoms with Gasteiger partial charge in [-0.05, 0) is 33.0 Å². The lowest BCUT2D eigenvalue weighted by molar-refractivity contribution is -0.124. The van der Waals surface area contributed by atoms with Crippen molar-refractivity contribution < 1.29 is 14.3 Å². The van der Waals surface area contributed by atoms with Crippen LogP contribution in [0.2, 0.25) is 5.02 Å². The van der Waals surface area contributed by atoms with Crippen molar-refractivity contribution in [2.75, 3.05) is 26.7 Å². The van der Waals surface area contributed by atoms with Crippen LogP contribution in [0.5, 0.6) is 5.75 Å². The summed E-state index contributed by atoms with van der Waals surface area (Å²) in [6.07, 6.45) is 0. The lowest BCUT2D eigenvalue weighted by Gasteiger charge is -2.23. The molecule has 0 radical (unpaired) electrons. The number of amides is 3. The molecule has 22 heavy (non-hydrogen) atoms. The third kappa shape index (κ3) is 5.91. The second-order valence-electron chi connectivity index (χ2n) is 4.78. The van der Waals surface area contributed by atoms with E-state index in [0.29, 0.717) is 30.5 Å². The molecule has 1 aromatic rings. The van der Waals surface area contributed by atoms with Gasteiger partial charge >= 0.3 is 6.03 Å². The maximum Gasteiger partial charge on any atom is 0.321 e. The fourth-order valence-corrected chi connectivity index (χ4v) is 1.87. The van der Waals surface area contributed by atoms with Crippen LogP contribution in [-0.2, 0) is 4.79 Å². The quantitative estimate of drug-likeness (QED) is 0.802. The predicted molar refractivity (Wildman–Crippen MR) is 86.3 cm³/mol. The smallest absolute Gasteiger partial charge is 0.321 e. The van der Waals surface area contributed by atoms with E-state index in [4.69, 9.17) is 16.3 Å². The number of benzene rings is 1. The van der Waals surface area contributed by atoms with E-state index in [1.54, 1.807) is 37.9 Å². The molecule has 1 atom stereocenters. The van der Waals surface area contributed by atoms with Crippen LogP contribution in [0, 0.1) is 0 Å². The topological polar surface area (TPSA) is 70.7 Å². The number of carbonyl (C=O) groups excluding carboxylic acids is 2. The Kier molecular flexibility index (Phi) is 7.70. The van der Waals surface area contributed by atoms with Crippen LogP contribution < -0.4 is 15.4 Å². The van der Waals surface area contributed by atoms with Crippen molar-refractivity contribution in [1.29, 1.82) is 0 Å². The van der Waals surface area contributed by atoms with Gasteiger partial charge in [0, 0.05) is 13.1 Å². The zero-order valence-electron chi connectivity index (χ0n) is 13.1. The number of hydrogen-bond acceptors (Lipinski definition) is 4. The van der Waals surface area contributed by atoms with Crippen molar-refractivity contribution in [2.45, 2.75) is 19.9 Å². The number of ether oxygens (including phenoxy) is 1. The van der Waals surface area contributed by atoms with Gasteiger partial charge in [0.25, 0.3) is 0 Å². The van der Waals surface area contributed by atoms with E-state index in [0.717, 1.165) is 0 Å². The zero-order valence-corrected chi connectivity index (χ0v) is 13.8. The number of nitrogens with zero attached hydrogens (tertiary/aromatic N) is 1. The van der Waals surface area contributed by atoms with Gasteiger partial charge in [-0.2, -0.15) is 0 Å². The molecule has 0 aliphatic heterocycles. The Morgan fingerprint density at radius 2 is 2.05 bits per heavy atom. The number of nitrogens with one attached hydrogen (secondary N) is 2. The fourth-order valence-electron chi connectivity index (χ4n) is 1.68. The molecule has 7 heteroatoms. The van der Waals surface area contributed by atoms with Gasteiger partial charge in [-0.3, -0.25) is 15.0 Å². The molecule has 0 aromatic heterocycles. The van der Waals surface area contributed by atoms with Crippen molar-refractivity contribution in [2.24, 2.45) is 0 Å². The molecule has 0 spiro atoms. The Morgan fingerprint density at radius 1 is 1.36 bits per heavy atom. The zero-order chi connectivity index (χ0) is 16.5. The van der Waals surface area contributed by atoms with Gasteiger partial charge < -0.3 is 10.1 Å². The molecular formula is C15H22ClN3O3. The summed E-state index contributed by atoms with van der Waals surface area (Å²) >= 11 is 5.99. The van der Waals surface area contributed by atoms with Gasteiger partial charge in [-0.1, -0.05) is 23.7 Å². The highest BCUT2D eigenvalue weighted by Crippen LogP contribution is 2.22. The molecular weight excluding hydrogens is 306 g/mol. The van der Waals surface area contributed by atoms with Crippen LogP contribution in [0.1, 0.15) is 13.8 Å². The third-order valence-electron chi connectivity index (χ3n) is 3.15. The molecule has 0 fully saturated rings. The lowest BCUT2D eigenvalue weighted by atomic mass is 10.3. The van der Waals surface area contributed by atoms with Crippen LogP contribution >= 0.6 is 11.6 Å². The number of imide groups is 1. The first kappa shape index (κ1) is 18.3. The molecule has 2 N–H and O–H groups in total. The molecule has 0 bridgehead atoms. The maximum atomic E-state index is 11.9. The second-order valence-corrected chi connectivity index (χ2v) is 5.19. The summed E-state index contributed by atoms with van der Waals surface area (Å²) in [5.41, 5.74) is 0. The lowest BCUT2D eigenvalue weighted by Crippen LogP contribution is -2.49. The molecule has 1 aromatic carbocycles. The summed E-state index contributed by atoms with van der Waals surface area (Å²) in [6.45, 7) is 4.89. The van der Waals surface area contributed by atoms with Crippen molar-refractivity contribution in [3.8, 4) is 5.75 Å². The standard InChI is InChI=1S/C15H22ClN3O3/c1-4-17-15(21)18-14(20)11(2)19(3)9-10-22-13-8-6-5-7-12(13)16/h5-8,11H,4,9-10H2,1-3H3,(H2,17,18,20,21). The average Bonchev–Trinajstić information content (AvgIpc) is 2.48. The Labute approximate surface area is 135 Å². The van der Waals surface area contributed by atoms with E-state index >= 15 is 0 Å². The third-order valence-corrected chi connectivity index (χ3v) is 3.47. The van der Waals surface area contributed by atoms with E-state index in [-0.39, 0.29) is 5.91 Å².